The molecule has 1 heterocycles. The Morgan fingerprint density at radius 1 is 1.25 bits per heavy atom. The number of piperazine rings is 1. The molecule has 2 amide bonds. The molecular formula is C14H18BrN3O2. The van der Waals surface area contributed by atoms with E-state index < -0.39 is 0 Å². The Labute approximate surface area is 127 Å². The van der Waals surface area contributed by atoms with Gasteiger partial charge in [0.05, 0.1) is 0 Å². The fourth-order valence-electron chi connectivity index (χ4n) is 2.14. The summed E-state index contributed by atoms with van der Waals surface area (Å²) >= 11 is 3.46. The molecule has 0 saturated carbocycles. The van der Waals surface area contributed by atoms with Gasteiger partial charge in [0.2, 0.25) is 12.3 Å². The first-order valence-corrected chi connectivity index (χ1v) is 7.45. The summed E-state index contributed by atoms with van der Waals surface area (Å²) in [7, 11) is 0. The predicted molar refractivity (Wildman–Crippen MR) is 81.5 cm³/mol. The number of nitrogens with one attached hydrogen (secondary N) is 1. The fourth-order valence-corrected chi connectivity index (χ4v) is 2.57. The first kappa shape index (κ1) is 14.8. The minimum absolute atomic E-state index is 0.134. The van der Waals surface area contributed by atoms with Crippen molar-refractivity contribution >= 4 is 33.9 Å². The molecule has 5 nitrogen and oxygen atoms in total. The topological polar surface area (TPSA) is 52.7 Å². The second kappa shape index (κ2) is 7.28. The monoisotopic (exact) mass is 339 g/mol. The molecule has 0 bridgehead atoms. The molecule has 1 aliphatic rings. The van der Waals surface area contributed by atoms with Gasteiger partial charge in [-0.15, -0.1) is 0 Å². The van der Waals surface area contributed by atoms with E-state index in [0.29, 0.717) is 39.1 Å². The number of carbonyl (C=O) groups is 2. The highest BCUT2D eigenvalue weighted by Crippen LogP contribution is 2.20. The normalized spacial score (nSPS) is 15.1. The maximum atomic E-state index is 12.0. The minimum Gasteiger partial charge on any atom is -0.384 e. The SMILES string of the molecule is O=CN1CCN(C(=O)CCNc2ccccc2Br)CC1. The van der Waals surface area contributed by atoms with Gasteiger partial charge in [0.25, 0.3) is 0 Å². The number of carbonyl (C=O) groups excluding carboxylic acids is 2. The van der Waals surface area contributed by atoms with E-state index >= 15 is 0 Å². The molecule has 20 heavy (non-hydrogen) atoms. The van der Waals surface area contributed by atoms with Crippen LogP contribution in [0.15, 0.2) is 28.7 Å². The largest absolute Gasteiger partial charge is 0.384 e. The van der Waals surface area contributed by atoms with Gasteiger partial charge in [-0.25, -0.2) is 0 Å². The van der Waals surface area contributed by atoms with Crippen LogP contribution < -0.4 is 5.32 Å². The maximum absolute atomic E-state index is 12.0. The first-order chi connectivity index (χ1) is 9.70. The maximum Gasteiger partial charge on any atom is 0.224 e. The molecule has 1 aliphatic heterocycles. The summed E-state index contributed by atoms with van der Waals surface area (Å²) in [5.74, 6) is 0.134. The Hall–Kier alpha value is -1.56. The smallest absolute Gasteiger partial charge is 0.224 e. The third kappa shape index (κ3) is 3.96. The Morgan fingerprint density at radius 2 is 1.95 bits per heavy atom. The lowest BCUT2D eigenvalue weighted by Gasteiger charge is -2.32. The van der Waals surface area contributed by atoms with Gasteiger partial charge in [-0.3, -0.25) is 9.59 Å². The zero-order valence-corrected chi connectivity index (χ0v) is 12.8. The van der Waals surface area contributed by atoms with E-state index in [1.165, 1.54) is 0 Å². The van der Waals surface area contributed by atoms with Crippen LogP contribution in [-0.2, 0) is 9.59 Å². The quantitative estimate of drug-likeness (QED) is 0.828. The van der Waals surface area contributed by atoms with Gasteiger partial charge in [0.1, 0.15) is 0 Å². The lowest BCUT2D eigenvalue weighted by molar-refractivity contribution is -0.134. The number of nitrogens with zero attached hydrogens (tertiary/aromatic N) is 2. The highest BCUT2D eigenvalue weighted by molar-refractivity contribution is 9.10. The van der Waals surface area contributed by atoms with Crippen molar-refractivity contribution in [2.24, 2.45) is 0 Å². The molecule has 1 aromatic rings. The molecule has 0 atom stereocenters. The number of hydrogen-bond acceptors (Lipinski definition) is 3. The molecule has 0 radical (unpaired) electrons. The number of rotatable bonds is 5. The van der Waals surface area contributed by atoms with Crippen LogP contribution in [0.25, 0.3) is 0 Å². The summed E-state index contributed by atoms with van der Waals surface area (Å²) in [5, 5.41) is 3.24. The average molecular weight is 340 g/mol. The van der Waals surface area contributed by atoms with Crippen LogP contribution in [0, 0.1) is 0 Å². The van der Waals surface area contributed by atoms with E-state index in [2.05, 4.69) is 21.2 Å². The second-order valence-electron chi connectivity index (χ2n) is 4.68. The first-order valence-electron chi connectivity index (χ1n) is 6.66. The minimum atomic E-state index is 0.134. The Morgan fingerprint density at radius 3 is 2.60 bits per heavy atom. The van der Waals surface area contributed by atoms with Crippen molar-refractivity contribution in [3.05, 3.63) is 28.7 Å². The molecule has 1 N–H and O–H groups in total. The van der Waals surface area contributed by atoms with Crippen molar-refractivity contribution in [3.8, 4) is 0 Å². The van der Waals surface area contributed by atoms with Crippen molar-refractivity contribution in [3.63, 3.8) is 0 Å². The van der Waals surface area contributed by atoms with Gasteiger partial charge < -0.3 is 15.1 Å². The highest BCUT2D eigenvalue weighted by Gasteiger charge is 2.19. The molecule has 0 unspecified atom stereocenters. The summed E-state index contributed by atoms with van der Waals surface area (Å²) in [4.78, 5) is 26.2. The number of amides is 2. The summed E-state index contributed by atoms with van der Waals surface area (Å²) in [6.45, 7) is 3.13. The number of benzene rings is 1. The van der Waals surface area contributed by atoms with Crippen LogP contribution in [0.3, 0.4) is 0 Å². The molecule has 2 rings (SSSR count). The zero-order chi connectivity index (χ0) is 14.4. The number of anilines is 1. The van der Waals surface area contributed by atoms with E-state index in [0.717, 1.165) is 16.6 Å². The standard InChI is InChI=1S/C14H18BrN3O2/c15-12-3-1-2-4-13(12)16-6-5-14(20)18-9-7-17(11-19)8-10-18/h1-4,11,16H,5-10H2. The molecule has 0 aromatic heterocycles. The van der Waals surface area contributed by atoms with Crippen LogP contribution in [0.4, 0.5) is 5.69 Å². The van der Waals surface area contributed by atoms with Gasteiger partial charge in [-0.2, -0.15) is 0 Å². The average Bonchev–Trinajstić information content (AvgIpc) is 2.49. The Bertz CT molecular complexity index is 473. The van der Waals surface area contributed by atoms with E-state index in [-0.39, 0.29) is 5.91 Å². The van der Waals surface area contributed by atoms with E-state index in [9.17, 15) is 9.59 Å². The van der Waals surface area contributed by atoms with Crippen LogP contribution >= 0.6 is 15.9 Å². The predicted octanol–water partition coefficient (Wildman–Crippen LogP) is 1.55. The van der Waals surface area contributed by atoms with Crippen LogP contribution in [0.5, 0.6) is 0 Å². The summed E-state index contributed by atoms with van der Waals surface area (Å²) in [6.07, 6.45) is 1.30. The summed E-state index contributed by atoms with van der Waals surface area (Å²) in [6, 6.07) is 7.83. The molecule has 0 aliphatic carbocycles. The van der Waals surface area contributed by atoms with Gasteiger partial charge in [-0.1, -0.05) is 12.1 Å². The molecule has 1 saturated heterocycles. The fraction of sp³-hybridized carbons (Fsp3) is 0.429. The van der Waals surface area contributed by atoms with E-state index in [1.54, 1.807) is 4.90 Å². The molecule has 1 aromatic carbocycles. The molecule has 0 spiro atoms. The van der Waals surface area contributed by atoms with Crippen LogP contribution in [-0.4, -0.2) is 54.8 Å². The molecular weight excluding hydrogens is 322 g/mol. The Kier molecular flexibility index (Phi) is 5.40. The molecule has 6 heteroatoms. The van der Waals surface area contributed by atoms with E-state index in [1.807, 2.05) is 29.2 Å². The number of para-hydroxylation sites is 1. The van der Waals surface area contributed by atoms with E-state index in [4.69, 9.17) is 0 Å². The lowest BCUT2D eigenvalue weighted by Crippen LogP contribution is -2.48. The van der Waals surface area contributed by atoms with Gasteiger partial charge >= 0.3 is 0 Å². The number of halogens is 1. The second-order valence-corrected chi connectivity index (χ2v) is 5.53. The van der Waals surface area contributed by atoms with Crippen molar-refractivity contribution in [1.82, 2.24) is 9.80 Å². The molecule has 108 valence electrons. The van der Waals surface area contributed by atoms with Gasteiger partial charge in [-0.05, 0) is 28.1 Å². The van der Waals surface area contributed by atoms with Crippen LogP contribution in [0.2, 0.25) is 0 Å². The van der Waals surface area contributed by atoms with Crippen molar-refractivity contribution < 1.29 is 9.59 Å². The van der Waals surface area contributed by atoms with Gasteiger partial charge in [0, 0.05) is 49.3 Å². The van der Waals surface area contributed by atoms with Crippen molar-refractivity contribution in [1.29, 1.82) is 0 Å². The third-order valence-corrected chi connectivity index (χ3v) is 4.04. The van der Waals surface area contributed by atoms with Crippen molar-refractivity contribution in [2.45, 2.75) is 6.42 Å². The molecule has 1 fully saturated rings. The number of hydrogen-bond donors (Lipinski definition) is 1. The third-order valence-electron chi connectivity index (χ3n) is 3.34. The Balaban J connectivity index is 1.73. The highest BCUT2D eigenvalue weighted by atomic mass is 79.9. The zero-order valence-electron chi connectivity index (χ0n) is 11.2. The van der Waals surface area contributed by atoms with Gasteiger partial charge in [0.15, 0.2) is 0 Å². The van der Waals surface area contributed by atoms with Crippen LogP contribution in [0.1, 0.15) is 6.42 Å². The summed E-state index contributed by atoms with van der Waals surface area (Å²) < 4.78 is 0.993. The lowest BCUT2D eigenvalue weighted by atomic mass is 10.2. The van der Waals surface area contributed by atoms with Crippen molar-refractivity contribution in [2.75, 3.05) is 38.0 Å². The summed E-state index contributed by atoms with van der Waals surface area (Å²) in [5.41, 5.74) is 0.992.